The summed E-state index contributed by atoms with van der Waals surface area (Å²) in [6.07, 6.45) is 6.35. The maximum Gasteiger partial charge on any atom is 0.108 e. The van der Waals surface area contributed by atoms with E-state index in [0.717, 1.165) is 31.6 Å². The molecule has 0 aliphatic rings. The second kappa shape index (κ2) is 6.01. The van der Waals surface area contributed by atoms with Crippen LogP contribution in [0.5, 0.6) is 0 Å². The zero-order chi connectivity index (χ0) is 12.0. The van der Waals surface area contributed by atoms with Crippen molar-refractivity contribution in [2.45, 2.75) is 38.7 Å². The van der Waals surface area contributed by atoms with Gasteiger partial charge in [0, 0.05) is 32.4 Å². The van der Waals surface area contributed by atoms with Gasteiger partial charge in [-0.2, -0.15) is 0 Å². The molecule has 0 saturated carbocycles. The Bertz CT molecular complexity index is 307. The predicted octanol–water partition coefficient (Wildman–Crippen LogP) is 1.10. The first-order valence-corrected chi connectivity index (χ1v) is 5.94. The fourth-order valence-electron chi connectivity index (χ4n) is 1.64. The summed E-state index contributed by atoms with van der Waals surface area (Å²) in [5, 5.41) is 13.4. The van der Waals surface area contributed by atoms with E-state index in [1.807, 2.05) is 24.7 Å². The molecule has 2 N–H and O–H groups in total. The molecule has 0 radical (unpaired) electrons. The van der Waals surface area contributed by atoms with Gasteiger partial charge < -0.3 is 15.0 Å². The Labute approximate surface area is 97.7 Å². The van der Waals surface area contributed by atoms with Crippen LogP contribution in [0.25, 0.3) is 0 Å². The normalized spacial score (nSPS) is 15.0. The second-order valence-corrected chi connectivity index (χ2v) is 4.63. The second-order valence-electron chi connectivity index (χ2n) is 4.63. The highest BCUT2D eigenvalue weighted by Gasteiger charge is 2.20. The van der Waals surface area contributed by atoms with Gasteiger partial charge in [-0.25, -0.2) is 4.98 Å². The number of nitrogens with zero attached hydrogens (tertiary/aromatic N) is 2. The maximum absolute atomic E-state index is 10.1. The van der Waals surface area contributed by atoms with Crippen LogP contribution >= 0.6 is 0 Å². The molecule has 1 unspecified atom stereocenters. The molecule has 4 heteroatoms. The molecule has 0 fully saturated rings. The van der Waals surface area contributed by atoms with Gasteiger partial charge in [0.2, 0.25) is 0 Å². The van der Waals surface area contributed by atoms with Crippen LogP contribution in [-0.4, -0.2) is 33.3 Å². The Hall–Kier alpha value is -0.870. The maximum atomic E-state index is 10.1. The average Bonchev–Trinajstić information content (AvgIpc) is 2.62. The third-order valence-corrected chi connectivity index (χ3v) is 2.74. The van der Waals surface area contributed by atoms with Crippen LogP contribution in [0, 0.1) is 0 Å². The van der Waals surface area contributed by atoms with E-state index >= 15 is 0 Å². The Morgan fingerprint density at radius 1 is 1.56 bits per heavy atom. The number of hydrogen-bond donors (Lipinski definition) is 2. The zero-order valence-corrected chi connectivity index (χ0v) is 10.5. The third kappa shape index (κ3) is 4.33. The molecule has 0 bridgehead atoms. The highest BCUT2D eigenvalue weighted by Crippen LogP contribution is 2.12. The minimum Gasteiger partial charge on any atom is -0.389 e. The summed E-state index contributed by atoms with van der Waals surface area (Å²) in [5.74, 6) is 1.02. The number of aliphatic hydroxyl groups is 1. The minimum absolute atomic E-state index is 0.644. The summed E-state index contributed by atoms with van der Waals surface area (Å²) in [6, 6.07) is 0. The standard InChI is InChI=1S/C12H23N3O/c1-4-7-13-10-12(2,16)6-5-11-14-8-9-15(11)3/h8-9,13,16H,4-7,10H2,1-3H3. The van der Waals surface area contributed by atoms with E-state index in [1.54, 1.807) is 6.20 Å². The number of hydrogen-bond acceptors (Lipinski definition) is 3. The first kappa shape index (κ1) is 13.2. The van der Waals surface area contributed by atoms with Gasteiger partial charge in [-0.3, -0.25) is 0 Å². The van der Waals surface area contributed by atoms with Crippen LogP contribution in [0.15, 0.2) is 12.4 Å². The van der Waals surface area contributed by atoms with Gasteiger partial charge in [0.1, 0.15) is 5.82 Å². The lowest BCUT2D eigenvalue weighted by atomic mass is 10.00. The van der Waals surface area contributed by atoms with Crippen LogP contribution in [0.2, 0.25) is 0 Å². The first-order valence-electron chi connectivity index (χ1n) is 5.94. The van der Waals surface area contributed by atoms with Crippen LogP contribution in [0.3, 0.4) is 0 Å². The molecule has 0 aliphatic carbocycles. The van der Waals surface area contributed by atoms with E-state index in [-0.39, 0.29) is 0 Å². The largest absolute Gasteiger partial charge is 0.389 e. The summed E-state index contributed by atoms with van der Waals surface area (Å²) in [6.45, 7) is 5.60. The molecule has 1 atom stereocenters. The molecular formula is C12H23N3O. The van der Waals surface area contributed by atoms with E-state index in [2.05, 4.69) is 17.2 Å². The van der Waals surface area contributed by atoms with E-state index in [9.17, 15) is 5.11 Å². The van der Waals surface area contributed by atoms with Crippen molar-refractivity contribution in [2.75, 3.05) is 13.1 Å². The van der Waals surface area contributed by atoms with Gasteiger partial charge in [0.25, 0.3) is 0 Å². The van der Waals surface area contributed by atoms with Gasteiger partial charge in [-0.05, 0) is 26.3 Å². The Morgan fingerprint density at radius 3 is 2.88 bits per heavy atom. The summed E-state index contributed by atoms with van der Waals surface area (Å²) in [4.78, 5) is 4.25. The molecule has 0 saturated heterocycles. The molecule has 1 aromatic heterocycles. The fourth-order valence-corrected chi connectivity index (χ4v) is 1.64. The number of aromatic nitrogens is 2. The van der Waals surface area contributed by atoms with Gasteiger partial charge in [-0.15, -0.1) is 0 Å². The summed E-state index contributed by atoms with van der Waals surface area (Å²) in [5.41, 5.74) is -0.652. The quantitative estimate of drug-likeness (QED) is 0.683. The lowest BCUT2D eigenvalue weighted by molar-refractivity contribution is 0.0507. The number of rotatable bonds is 7. The smallest absolute Gasteiger partial charge is 0.108 e. The molecule has 0 amide bonds. The van der Waals surface area contributed by atoms with Crippen molar-refractivity contribution < 1.29 is 5.11 Å². The van der Waals surface area contributed by atoms with Gasteiger partial charge in [0.15, 0.2) is 0 Å². The van der Waals surface area contributed by atoms with Crippen molar-refractivity contribution in [2.24, 2.45) is 7.05 Å². The number of imidazole rings is 1. The highest BCUT2D eigenvalue weighted by molar-refractivity contribution is 4.93. The van der Waals surface area contributed by atoms with Gasteiger partial charge >= 0.3 is 0 Å². The number of aryl methyl sites for hydroxylation is 2. The molecule has 1 rings (SSSR count). The topological polar surface area (TPSA) is 50.1 Å². The van der Waals surface area contributed by atoms with Crippen LogP contribution in [0.1, 0.15) is 32.5 Å². The Kier molecular flexibility index (Phi) is 4.96. The molecule has 16 heavy (non-hydrogen) atoms. The molecule has 1 heterocycles. The number of nitrogens with one attached hydrogen (secondary N) is 1. The molecule has 0 spiro atoms. The first-order chi connectivity index (χ1) is 7.55. The summed E-state index contributed by atoms with van der Waals surface area (Å²) >= 11 is 0. The minimum atomic E-state index is -0.652. The van der Waals surface area contributed by atoms with Crippen molar-refractivity contribution in [3.8, 4) is 0 Å². The predicted molar refractivity (Wildman–Crippen MR) is 65.3 cm³/mol. The molecule has 1 aromatic rings. The molecule has 0 aromatic carbocycles. The van der Waals surface area contributed by atoms with Crippen molar-refractivity contribution in [3.05, 3.63) is 18.2 Å². The fraction of sp³-hybridized carbons (Fsp3) is 0.750. The molecule has 0 aliphatic heterocycles. The van der Waals surface area contributed by atoms with Crippen LogP contribution < -0.4 is 5.32 Å². The van der Waals surface area contributed by atoms with Crippen molar-refractivity contribution in [1.29, 1.82) is 0 Å². The lowest BCUT2D eigenvalue weighted by Gasteiger charge is -2.23. The van der Waals surface area contributed by atoms with E-state index in [4.69, 9.17) is 0 Å². The zero-order valence-electron chi connectivity index (χ0n) is 10.5. The van der Waals surface area contributed by atoms with Crippen LogP contribution in [0.4, 0.5) is 0 Å². The van der Waals surface area contributed by atoms with E-state index < -0.39 is 5.60 Å². The Balaban J connectivity index is 2.33. The van der Waals surface area contributed by atoms with Crippen molar-refractivity contribution >= 4 is 0 Å². The van der Waals surface area contributed by atoms with Crippen LogP contribution in [-0.2, 0) is 13.5 Å². The van der Waals surface area contributed by atoms with E-state index in [1.165, 1.54) is 0 Å². The lowest BCUT2D eigenvalue weighted by Crippen LogP contribution is -2.38. The summed E-state index contributed by atoms with van der Waals surface area (Å²) in [7, 11) is 1.98. The van der Waals surface area contributed by atoms with E-state index in [0.29, 0.717) is 6.54 Å². The monoisotopic (exact) mass is 225 g/mol. The van der Waals surface area contributed by atoms with Gasteiger partial charge in [0.05, 0.1) is 5.60 Å². The molecular weight excluding hydrogens is 202 g/mol. The van der Waals surface area contributed by atoms with Crippen molar-refractivity contribution in [3.63, 3.8) is 0 Å². The molecule has 92 valence electrons. The SMILES string of the molecule is CCCNCC(C)(O)CCc1nccn1C. The molecule has 4 nitrogen and oxygen atoms in total. The van der Waals surface area contributed by atoms with Gasteiger partial charge in [-0.1, -0.05) is 6.92 Å². The third-order valence-electron chi connectivity index (χ3n) is 2.74. The average molecular weight is 225 g/mol. The van der Waals surface area contributed by atoms with Crippen molar-refractivity contribution in [1.82, 2.24) is 14.9 Å². The summed E-state index contributed by atoms with van der Waals surface area (Å²) < 4.78 is 2.00. The highest BCUT2D eigenvalue weighted by atomic mass is 16.3. The Morgan fingerprint density at radius 2 is 2.31 bits per heavy atom.